The monoisotopic (exact) mass is 402 g/mol. The largest absolute Gasteiger partial charge is 0.457 e. The van der Waals surface area contributed by atoms with Gasteiger partial charge < -0.3 is 14.2 Å². The van der Waals surface area contributed by atoms with Crippen molar-refractivity contribution < 1.29 is 45.3 Å². The molecule has 0 radical (unpaired) electrons. The topological polar surface area (TPSA) is 44.8 Å². The smallest absolute Gasteiger partial charge is 0.376 e. The second-order valence-corrected chi connectivity index (χ2v) is 8.34. The van der Waals surface area contributed by atoms with E-state index in [1.54, 1.807) is 0 Å². The highest BCUT2D eigenvalue weighted by atomic mass is 19.3. The summed E-state index contributed by atoms with van der Waals surface area (Å²) in [7, 11) is 0. The van der Waals surface area contributed by atoms with Crippen molar-refractivity contribution in [3.63, 3.8) is 0 Å². The van der Waals surface area contributed by atoms with E-state index in [-0.39, 0.29) is 11.8 Å². The SMILES string of the molecule is CC(F)(F)C(=O)OC1C2CC3CC(C2)C2(OCC(F)(F)C(F)(F)CO2)C1C3. The minimum absolute atomic E-state index is 0.179. The molecule has 4 aliphatic carbocycles. The van der Waals surface area contributed by atoms with Gasteiger partial charge in [-0.25, -0.2) is 4.79 Å². The minimum atomic E-state index is -4.41. The van der Waals surface area contributed by atoms with Gasteiger partial charge in [0, 0.05) is 12.8 Å². The molecule has 154 valence electrons. The number of carbonyl (C=O) groups excluding carboxylic acids is 1. The molecule has 0 aromatic carbocycles. The summed E-state index contributed by atoms with van der Waals surface area (Å²) in [5, 5.41) is 0. The summed E-state index contributed by atoms with van der Waals surface area (Å²) in [5.41, 5.74) is 0. The average molecular weight is 402 g/mol. The normalized spacial score (nSPS) is 41.4. The molecule has 5 atom stereocenters. The quantitative estimate of drug-likeness (QED) is 0.523. The molecule has 0 amide bonds. The molecule has 0 aromatic rings. The number of alkyl halides is 6. The maximum atomic E-state index is 13.8. The molecule has 5 rings (SSSR count). The maximum absolute atomic E-state index is 13.8. The van der Waals surface area contributed by atoms with Crippen LogP contribution in [0.3, 0.4) is 0 Å². The third kappa shape index (κ3) is 2.85. The zero-order chi connectivity index (χ0) is 19.8. The summed E-state index contributed by atoms with van der Waals surface area (Å²) in [5.74, 6) is -17.3. The Morgan fingerprint density at radius 3 is 2.15 bits per heavy atom. The zero-order valence-electron chi connectivity index (χ0n) is 14.5. The number of rotatable bonds is 2. The van der Waals surface area contributed by atoms with E-state index in [0.717, 1.165) is 0 Å². The number of carbonyl (C=O) groups is 1. The minimum Gasteiger partial charge on any atom is -0.457 e. The number of halogens is 6. The predicted molar refractivity (Wildman–Crippen MR) is 77.5 cm³/mol. The summed E-state index contributed by atoms with van der Waals surface area (Å²) in [4.78, 5) is 11.7. The van der Waals surface area contributed by atoms with E-state index in [9.17, 15) is 31.1 Å². The third-order valence-corrected chi connectivity index (χ3v) is 6.47. The zero-order valence-corrected chi connectivity index (χ0v) is 14.5. The van der Waals surface area contributed by atoms with Gasteiger partial charge in [0.2, 0.25) is 0 Å². The summed E-state index contributed by atoms with van der Waals surface area (Å²) in [6.45, 7) is -2.67. The lowest BCUT2D eigenvalue weighted by Gasteiger charge is -2.61. The van der Waals surface area contributed by atoms with E-state index in [2.05, 4.69) is 0 Å². The summed E-state index contributed by atoms with van der Waals surface area (Å²) >= 11 is 0. The highest BCUT2D eigenvalue weighted by molar-refractivity contribution is 5.77. The van der Waals surface area contributed by atoms with Crippen molar-refractivity contribution >= 4 is 5.97 Å². The van der Waals surface area contributed by atoms with Crippen LogP contribution in [0.25, 0.3) is 0 Å². The Labute approximate surface area is 151 Å². The van der Waals surface area contributed by atoms with Gasteiger partial charge in [0.1, 0.15) is 19.3 Å². The maximum Gasteiger partial charge on any atom is 0.376 e. The lowest BCUT2D eigenvalue weighted by molar-refractivity contribution is -0.358. The fourth-order valence-electron chi connectivity index (χ4n) is 5.31. The first-order chi connectivity index (χ1) is 12.4. The summed E-state index contributed by atoms with van der Waals surface area (Å²) in [6, 6.07) is 0. The number of ether oxygens (including phenoxy) is 3. The standard InChI is InChI=1S/C17H20F6O4/c1-14(18,19)13(24)27-12-9-2-8-3-10(5-9)17(11(12)4-8)25-6-15(20,21)16(22,23)7-26-17/h8-12H,2-7H2,1H3. The molecule has 0 aromatic heterocycles. The first-order valence-electron chi connectivity index (χ1n) is 8.98. The van der Waals surface area contributed by atoms with Gasteiger partial charge in [0.25, 0.3) is 0 Å². The lowest BCUT2D eigenvalue weighted by atomic mass is 9.52. The van der Waals surface area contributed by atoms with Crippen molar-refractivity contribution in [1.29, 1.82) is 0 Å². The second kappa shape index (κ2) is 5.75. The van der Waals surface area contributed by atoms with Gasteiger partial charge in [-0.2, -0.15) is 26.3 Å². The Bertz CT molecular complexity index is 615. The van der Waals surface area contributed by atoms with Crippen LogP contribution in [0, 0.1) is 23.7 Å². The van der Waals surface area contributed by atoms with Crippen molar-refractivity contribution in [2.45, 2.75) is 62.3 Å². The van der Waals surface area contributed by atoms with E-state index >= 15 is 0 Å². The van der Waals surface area contributed by atoms with Crippen LogP contribution < -0.4 is 0 Å². The van der Waals surface area contributed by atoms with Gasteiger partial charge in [-0.1, -0.05) is 0 Å². The molecule has 1 aliphatic heterocycles. The van der Waals surface area contributed by atoms with Crippen molar-refractivity contribution in [3.8, 4) is 0 Å². The van der Waals surface area contributed by atoms with Gasteiger partial charge in [-0.15, -0.1) is 0 Å². The fourth-order valence-corrected chi connectivity index (χ4v) is 5.31. The van der Waals surface area contributed by atoms with Gasteiger partial charge in [0.05, 0.1) is 5.92 Å². The highest BCUT2D eigenvalue weighted by Gasteiger charge is 2.69. The van der Waals surface area contributed by atoms with Crippen LogP contribution in [-0.4, -0.2) is 48.8 Å². The van der Waals surface area contributed by atoms with E-state index in [0.29, 0.717) is 32.6 Å². The molecule has 4 bridgehead atoms. The Kier molecular flexibility index (Phi) is 4.11. The lowest BCUT2D eigenvalue weighted by Crippen LogP contribution is -2.66. The van der Waals surface area contributed by atoms with Crippen LogP contribution in [0.1, 0.15) is 32.6 Å². The molecule has 4 nitrogen and oxygen atoms in total. The molecule has 5 unspecified atom stereocenters. The fraction of sp³-hybridized carbons (Fsp3) is 0.941. The Balaban J connectivity index is 1.65. The molecule has 10 heteroatoms. The van der Waals surface area contributed by atoms with E-state index < -0.39 is 60.7 Å². The van der Waals surface area contributed by atoms with Crippen LogP contribution >= 0.6 is 0 Å². The molecule has 1 saturated heterocycles. The van der Waals surface area contributed by atoms with Crippen LogP contribution in [-0.2, 0) is 19.0 Å². The molecule has 0 N–H and O–H groups in total. The first kappa shape index (κ1) is 19.3. The highest BCUT2D eigenvalue weighted by Crippen LogP contribution is 2.62. The Morgan fingerprint density at radius 1 is 1.00 bits per heavy atom. The van der Waals surface area contributed by atoms with Crippen molar-refractivity contribution in [1.82, 2.24) is 0 Å². The first-order valence-corrected chi connectivity index (χ1v) is 8.98. The van der Waals surface area contributed by atoms with Gasteiger partial charge >= 0.3 is 23.7 Å². The van der Waals surface area contributed by atoms with Crippen molar-refractivity contribution in [2.75, 3.05) is 13.2 Å². The number of hydrogen-bond donors (Lipinski definition) is 0. The number of hydrogen-bond acceptors (Lipinski definition) is 4. The molecular weight excluding hydrogens is 382 g/mol. The van der Waals surface area contributed by atoms with Crippen LogP contribution in [0.4, 0.5) is 26.3 Å². The molecule has 5 fully saturated rings. The van der Waals surface area contributed by atoms with Gasteiger partial charge in [-0.3, -0.25) is 0 Å². The molecule has 4 saturated carbocycles. The van der Waals surface area contributed by atoms with Crippen molar-refractivity contribution in [3.05, 3.63) is 0 Å². The van der Waals surface area contributed by atoms with Crippen LogP contribution in [0.5, 0.6) is 0 Å². The summed E-state index contributed by atoms with van der Waals surface area (Å²) < 4.78 is 97.3. The van der Waals surface area contributed by atoms with Crippen LogP contribution in [0.2, 0.25) is 0 Å². The second-order valence-electron chi connectivity index (χ2n) is 8.34. The molecule has 27 heavy (non-hydrogen) atoms. The average Bonchev–Trinajstić information content (AvgIpc) is 2.64. The Hall–Kier alpha value is -1.03. The van der Waals surface area contributed by atoms with Crippen LogP contribution in [0.15, 0.2) is 0 Å². The van der Waals surface area contributed by atoms with E-state index in [1.165, 1.54) is 0 Å². The Morgan fingerprint density at radius 2 is 1.59 bits per heavy atom. The molecular formula is C17H20F6O4. The van der Waals surface area contributed by atoms with E-state index in [4.69, 9.17) is 14.2 Å². The molecule has 1 heterocycles. The molecule has 5 aliphatic rings. The van der Waals surface area contributed by atoms with Gasteiger partial charge in [-0.05, 0) is 37.5 Å². The van der Waals surface area contributed by atoms with Gasteiger partial charge in [0.15, 0.2) is 5.79 Å². The summed E-state index contributed by atoms with van der Waals surface area (Å²) in [6.07, 6.45) is 0.850. The molecule has 1 spiro atoms. The predicted octanol–water partition coefficient (Wildman–Crippen LogP) is 3.63. The third-order valence-electron chi connectivity index (χ3n) is 6.47. The van der Waals surface area contributed by atoms with Crippen molar-refractivity contribution in [2.24, 2.45) is 23.7 Å². The number of esters is 1. The van der Waals surface area contributed by atoms with E-state index in [1.807, 2.05) is 0 Å².